The van der Waals surface area contributed by atoms with E-state index in [4.69, 9.17) is 0 Å². The fourth-order valence-corrected chi connectivity index (χ4v) is 1.98. The molecule has 23 heavy (non-hydrogen) atoms. The van der Waals surface area contributed by atoms with Crippen LogP contribution in [0.4, 0.5) is 10.1 Å². The second-order valence-corrected chi connectivity index (χ2v) is 5.41. The van der Waals surface area contributed by atoms with Gasteiger partial charge in [-0.2, -0.15) is 0 Å². The zero-order valence-electron chi connectivity index (χ0n) is 13.4. The Morgan fingerprint density at radius 3 is 2.22 bits per heavy atom. The van der Waals surface area contributed by atoms with E-state index in [1.54, 1.807) is 0 Å². The number of rotatable bonds is 8. The minimum Gasteiger partial charge on any atom is -0.396 e. The van der Waals surface area contributed by atoms with Crippen molar-refractivity contribution in [3.8, 4) is 0 Å². The molecule has 0 saturated heterocycles. The topological polar surface area (TPSA) is 78.4 Å². The van der Waals surface area contributed by atoms with Crippen LogP contribution in [-0.2, 0) is 9.59 Å². The van der Waals surface area contributed by atoms with E-state index in [1.165, 1.54) is 24.3 Å². The van der Waals surface area contributed by atoms with E-state index in [0.717, 1.165) is 25.0 Å². The highest BCUT2D eigenvalue weighted by Crippen LogP contribution is 2.24. The second kappa shape index (κ2) is 9.05. The summed E-state index contributed by atoms with van der Waals surface area (Å²) in [6.07, 6.45) is 3.73. The van der Waals surface area contributed by atoms with E-state index >= 15 is 0 Å². The minimum absolute atomic E-state index is 0.00491. The van der Waals surface area contributed by atoms with Gasteiger partial charge in [0.05, 0.1) is 6.61 Å². The number of carbonyl (C=O) groups excluding carboxylic acids is 2. The quantitative estimate of drug-likeness (QED) is 0.642. The molecule has 5 nitrogen and oxygen atoms in total. The molecule has 0 bridgehead atoms. The van der Waals surface area contributed by atoms with Crippen LogP contribution in [0, 0.1) is 11.2 Å². The third kappa shape index (κ3) is 6.20. The van der Waals surface area contributed by atoms with Gasteiger partial charge in [-0.15, -0.1) is 0 Å². The summed E-state index contributed by atoms with van der Waals surface area (Å²) in [5.74, 6) is -1.28. The van der Waals surface area contributed by atoms with Gasteiger partial charge in [-0.25, -0.2) is 4.39 Å². The lowest BCUT2D eigenvalue weighted by molar-refractivity contribution is -0.118. The number of halogens is 1. The molecule has 0 aliphatic heterocycles. The van der Waals surface area contributed by atoms with E-state index in [9.17, 15) is 19.1 Å². The zero-order chi connectivity index (χ0) is 17.3. The van der Waals surface area contributed by atoms with Gasteiger partial charge < -0.3 is 15.7 Å². The molecule has 0 unspecified atom stereocenters. The molecule has 0 atom stereocenters. The predicted octanol–water partition coefficient (Wildman–Crippen LogP) is 2.24. The van der Waals surface area contributed by atoms with Crippen molar-refractivity contribution in [3.05, 3.63) is 42.2 Å². The summed E-state index contributed by atoms with van der Waals surface area (Å²) < 4.78 is 12.7. The molecule has 2 amide bonds. The Kier molecular flexibility index (Phi) is 7.41. The Hall–Kier alpha value is -2.21. The first kappa shape index (κ1) is 18.8. The van der Waals surface area contributed by atoms with Gasteiger partial charge in [0.2, 0.25) is 11.8 Å². The van der Waals surface area contributed by atoms with Crippen LogP contribution in [-0.4, -0.2) is 30.1 Å². The minimum atomic E-state index is -0.480. The van der Waals surface area contributed by atoms with Crippen LogP contribution < -0.4 is 10.6 Å². The Morgan fingerprint density at radius 2 is 1.70 bits per heavy atom. The van der Waals surface area contributed by atoms with Crippen LogP contribution in [0.15, 0.2) is 36.4 Å². The number of nitrogens with one attached hydrogen (secondary N) is 2. The Morgan fingerprint density at radius 1 is 1.13 bits per heavy atom. The van der Waals surface area contributed by atoms with Gasteiger partial charge in [-0.05, 0) is 37.1 Å². The van der Waals surface area contributed by atoms with Crippen LogP contribution in [0.5, 0.6) is 0 Å². The van der Waals surface area contributed by atoms with Gasteiger partial charge in [0, 0.05) is 29.8 Å². The van der Waals surface area contributed by atoms with Gasteiger partial charge in [-0.3, -0.25) is 9.59 Å². The highest BCUT2D eigenvalue weighted by molar-refractivity contribution is 6.03. The summed E-state index contributed by atoms with van der Waals surface area (Å²) in [7, 11) is 0. The monoisotopic (exact) mass is 322 g/mol. The largest absolute Gasteiger partial charge is 0.396 e. The predicted molar refractivity (Wildman–Crippen MR) is 87.3 cm³/mol. The van der Waals surface area contributed by atoms with Gasteiger partial charge >= 0.3 is 0 Å². The second-order valence-electron chi connectivity index (χ2n) is 5.41. The average molecular weight is 322 g/mol. The standard InChI is InChI=1S/C17H23FN2O3/c1-3-17(4-2,12-21)11-19-15(22)9-10-16(23)20-14-7-5-13(18)6-8-14/h5-10,21H,3-4,11-12H2,1-2H3,(H,19,22)(H,20,23)/b10-9+. The number of hydrogen-bond acceptors (Lipinski definition) is 3. The molecule has 0 spiro atoms. The number of aliphatic hydroxyl groups is 1. The third-order valence-corrected chi connectivity index (χ3v) is 3.97. The average Bonchev–Trinajstić information content (AvgIpc) is 2.57. The fourth-order valence-electron chi connectivity index (χ4n) is 1.98. The van der Waals surface area contributed by atoms with Gasteiger partial charge in [0.15, 0.2) is 0 Å². The van der Waals surface area contributed by atoms with E-state index < -0.39 is 17.6 Å². The molecule has 0 radical (unpaired) electrons. The van der Waals surface area contributed by atoms with Gasteiger partial charge in [0.1, 0.15) is 5.82 Å². The third-order valence-electron chi connectivity index (χ3n) is 3.97. The number of carbonyl (C=O) groups is 2. The fraction of sp³-hybridized carbons (Fsp3) is 0.412. The molecule has 3 N–H and O–H groups in total. The first-order valence-corrected chi connectivity index (χ1v) is 7.58. The SMILES string of the molecule is CCC(CC)(CO)CNC(=O)/C=C/C(=O)Nc1ccc(F)cc1. The number of aliphatic hydroxyl groups excluding tert-OH is 1. The van der Waals surface area contributed by atoms with Crippen molar-refractivity contribution in [1.29, 1.82) is 0 Å². The highest BCUT2D eigenvalue weighted by atomic mass is 19.1. The first-order chi connectivity index (χ1) is 10.9. The molecule has 0 aromatic heterocycles. The Balaban J connectivity index is 2.48. The van der Waals surface area contributed by atoms with Gasteiger partial charge in [-0.1, -0.05) is 13.8 Å². The van der Waals surface area contributed by atoms with Crippen LogP contribution in [0.1, 0.15) is 26.7 Å². The van der Waals surface area contributed by atoms with Crippen molar-refractivity contribution in [2.45, 2.75) is 26.7 Å². The van der Waals surface area contributed by atoms with Crippen molar-refractivity contribution in [2.24, 2.45) is 5.41 Å². The van der Waals surface area contributed by atoms with Crippen molar-refractivity contribution < 1.29 is 19.1 Å². The molecule has 1 aromatic carbocycles. The molecule has 0 aliphatic rings. The molecule has 0 fully saturated rings. The lowest BCUT2D eigenvalue weighted by Gasteiger charge is -2.29. The molecule has 1 rings (SSSR count). The Bertz CT molecular complexity index is 543. The summed E-state index contributed by atoms with van der Waals surface area (Å²) in [4.78, 5) is 23.4. The lowest BCUT2D eigenvalue weighted by atomic mass is 9.83. The molecule has 6 heteroatoms. The maximum atomic E-state index is 12.7. The molecule has 0 aliphatic carbocycles. The zero-order valence-corrected chi connectivity index (χ0v) is 13.4. The maximum Gasteiger partial charge on any atom is 0.248 e. The molecular weight excluding hydrogens is 299 g/mol. The van der Waals surface area contributed by atoms with E-state index in [1.807, 2.05) is 13.8 Å². The number of anilines is 1. The lowest BCUT2D eigenvalue weighted by Crippen LogP contribution is -2.38. The van der Waals surface area contributed by atoms with Crippen LogP contribution >= 0.6 is 0 Å². The Labute approximate surface area is 135 Å². The number of amides is 2. The van der Waals surface area contributed by atoms with E-state index in [0.29, 0.717) is 12.2 Å². The summed E-state index contributed by atoms with van der Waals surface area (Å²) in [6, 6.07) is 5.32. The smallest absolute Gasteiger partial charge is 0.248 e. The highest BCUT2D eigenvalue weighted by Gasteiger charge is 2.25. The number of hydrogen-bond donors (Lipinski definition) is 3. The van der Waals surface area contributed by atoms with E-state index in [2.05, 4.69) is 10.6 Å². The first-order valence-electron chi connectivity index (χ1n) is 7.58. The van der Waals surface area contributed by atoms with Crippen molar-refractivity contribution in [3.63, 3.8) is 0 Å². The molecule has 126 valence electrons. The van der Waals surface area contributed by atoms with Crippen LogP contribution in [0.25, 0.3) is 0 Å². The molecular formula is C17H23FN2O3. The van der Waals surface area contributed by atoms with Crippen molar-refractivity contribution in [1.82, 2.24) is 5.32 Å². The summed E-state index contributed by atoms with van der Waals surface area (Å²) >= 11 is 0. The van der Waals surface area contributed by atoms with Crippen LogP contribution in [0.2, 0.25) is 0 Å². The van der Waals surface area contributed by atoms with Crippen LogP contribution in [0.3, 0.4) is 0 Å². The maximum absolute atomic E-state index is 12.7. The number of benzene rings is 1. The summed E-state index contributed by atoms with van der Waals surface area (Å²) in [6.45, 7) is 4.25. The van der Waals surface area contributed by atoms with Crippen molar-refractivity contribution in [2.75, 3.05) is 18.5 Å². The normalized spacial score (nSPS) is 11.5. The summed E-state index contributed by atoms with van der Waals surface area (Å²) in [5, 5.41) is 14.6. The molecule has 0 saturated carbocycles. The molecule has 1 aromatic rings. The van der Waals surface area contributed by atoms with Crippen molar-refractivity contribution >= 4 is 17.5 Å². The van der Waals surface area contributed by atoms with E-state index in [-0.39, 0.29) is 12.0 Å². The van der Waals surface area contributed by atoms with Gasteiger partial charge in [0.25, 0.3) is 0 Å². The molecule has 0 heterocycles. The summed E-state index contributed by atoms with van der Waals surface area (Å²) in [5.41, 5.74) is 0.109.